The molecule has 8 nitrogen and oxygen atoms in total. The number of ketones is 1. The van der Waals surface area contributed by atoms with Crippen molar-refractivity contribution in [3.8, 4) is 17.2 Å². The van der Waals surface area contributed by atoms with Crippen LogP contribution >= 0.6 is 0 Å². The standard InChI is InChI=1S/C27H27N3O5/c1-16-28-26(35-29-16)19-8-12-20(13-9-19)30-23(17-6-4-3-5-7-17)22(25(32)27(30)33)24(31)18-10-14-21(34-2)15-11-18/h8-15,17,23,31H,3-7H2,1-2H3/b24-22-. The topological polar surface area (TPSA) is 106 Å². The Bertz CT molecular complexity index is 1270. The van der Waals surface area contributed by atoms with Crippen molar-refractivity contribution in [1.82, 2.24) is 10.1 Å². The van der Waals surface area contributed by atoms with Crippen LogP contribution < -0.4 is 9.64 Å². The molecule has 2 heterocycles. The molecule has 1 unspecified atom stereocenters. The molecule has 1 amide bonds. The fourth-order valence-electron chi connectivity index (χ4n) is 5.12. The average Bonchev–Trinajstić information content (AvgIpc) is 3.45. The smallest absolute Gasteiger partial charge is 0.299 e. The van der Waals surface area contributed by atoms with E-state index in [1.807, 2.05) is 0 Å². The normalized spacial score (nSPS) is 20.4. The molecule has 2 aliphatic rings. The minimum atomic E-state index is -0.662. The summed E-state index contributed by atoms with van der Waals surface area (Å²) >= 11 is 0. The van der Waals surface area contributed by atoms with Gasteiger partial charge in [-0.25, -0.2) is 0 Å². The molecule has 35 heavy (non-hydrogen) atoms. The second-order valence-electron chi connectivity index (χ2n) is 9.03. The molecule has 2 fully saturated rings. The molecular weight excluding hydrogens is 446 g/mol. The zero-order valence-electron chi connectivity index (χ0n) is 19.7. The average molecular weight is 474 g/mol. The van der Waals surface area contributed by atoms with Crippen molar-refractivity contribution in [2.75, 3.05) is 12.0 Å². The Balaban J connectivity index is 1.57. The lowest BCUT2D eigenvalue weighted by Crippen LogP contribution is -2.40. The van der Waals surface area contributed by atoms with E-state index in [0.717, 1.165) is 37.7 Å². The van der Waals surface area contributed by atoms with Crippen LogP contribution in [0.2, 0.25) is 0 Å². The van der Waals surface area contributed by atoms with Crippen LogP contribution in [0.5, 0.6) is 5.75 Å². The molecule has 1 N–H and O–H groups in total. The summed E-state index contributed by atoms with van der Waals surface area (Å²) in [4.78, 5) is 32.4. The van der Waals surface area contributed by atoms with Gasteiger partial charge in [0.1, 0.15) is 11.5 Å². The van der Waals surface area contributed by atoms with E-state index in [4.69, 9.17) is 9.26 Å². The lowest BCUT2D eigenvalue weighted by atomic mass is 9.80. The predicted molar refractivity (Wildman–Crippen MR) is 130 cm³/mol. The summed E-state index contributed by atoms with van der Waals surface area (Å²) in [5.41, 5.74) is 1.96. The monoisotopic (exact) mass is 473 g/mol. The number of methoxy groups -OCH3 is 1. The highest BCUT2D eigenvalue weighted by atomic mass is 16.5. The van der Waals surface area contributed by atoms with Crippen LogP contribution in [0.25, 0.3) is 17.2 Å². The third-order valence-electron chi connectivity index (χ3n) is 6.87. The number of nitrogens with zero attached hydrogens (tertiary/aromatic N) is 3. The van der Waals surface area contributed by atoms with Crippen molar-refractivity contribution >= 4 is 23.1 Å². The first-order valence-corrected chi connectivity index (χ1v) is 11.8. The van der Waals surface area contributed by atoms with Crippen LogP contribution in [-0.4, -0.2) is 40.1 Å². The molecule has 1 aliphatic carbocycles. The maximum Gasteiger partial charge on any atom is 0.299 e. The van der Waals surface area contributed by atoms with Gasteiger partial charge in [-0.15, -0.1) is 0 Å². The number of carbonyl (C=O) groups excluding carboxylic acids is 2. The number of aliphatic hydroxyl groups is 1. The molecule has 3 aromatic rings. The molecule has 1 aromatic heterocycles. The molecule has 2 aromatic carbocycles. The van der Waals surface area contributed by atoms with Crippen LogP contribution in [-0.2, 0) is 9.59 Å². The molecule has 1 aliphatic heterocycles. The number of ether oxygens (including phenoxy) is 1. The van der Waals surface area contributed by atoms with Crippen LogP contribution in [0.4, 0.5) is 5.69 Å². The number of hydrogen-bond donors (Lipinski definition) is 1. The third kappa shape index (κ3) is 4.20. The number of rotatable bonds is 5. The van der Waals surface area contributed by atoms with Crippen LogP contribution in [0, 0.1) is 12.8 Å². The van der Waals surface area contributed by atoms with Crippen molar-refractivity contribution in [2.45, 2.75) is 45.1 Å². The third-order valence-corrected chi connectivity index (χ3v) is 6.87. The number of aryl methyl sites for hydroxylation is 1. The van der Waals surface area contributed by atoms with Gasteiger partial charge in [-0.2, -0.15) is 4.98 Å². The van der Waals surface area contributed by atoms with Crippen LogP contribution in [0.1, 0.15) is 43.5 Å². The zero-order valence-corrected chi connectivity index (χ0v) is 19.7. The Morgan fingerprint density at radius 1 is 1.03 bits per heavy atom. The number of hydrogen-bond acceptors (Lipinski definition) is 7. The lowest BCUT2D eigenvalue weighted by Gasteiger charge is -2.34. The predicted octanol–water partition coefficient (Wildman–Crippen LogP) is 4.89. The summed E-state index contributed by atoms with van der Waals surface area (Å²) in [5, 5.41) is 15.1. The van der Waals surface area contributed by atoms with E-state index in [1.54, 1.807) is 67.5 Å². The molecule has 1 saturated heterocycles. The number of amides is 1. The first-order chi connectivity index (χ1) is 17.0. The van der Waals surface area contributed by atoms with Crippen molar-refractivity contribution in [1.29, 1.82) is 0 Å². The lowest BCUT2D eigenvalue weighted by molar-refractivity contribution is -0.132. The van der Waals surface area contributed by atoms with Crippen molar-refractivity contribution in [3.05, 3.63) is 65.5 Å². The second kappa shape index (κ2) is 9.37. The number of anilines is 1. The summed E-state index contributed by atoms with van der Waals surface area (Å²) in [6, 6.07) is 13.5. The fraction of sp³-hybridized carbons (Fsp3) is 0.333. The molecule has 8 heteroatoms. The SMILES string of the molecule is COc1ccc(/C(O)=C2/C(=O)C(=O)N(c3ccc(-c4nc(C)no4)cc3)C2C2CCCCC2)cc1. The van der Waals surface area contributed by atoms with E-state index < -0.39 is 17.7 Å². The van der Waals surface area contributed by atoms with Crippen molar-refractivity contribution in [3.63, 3.8) is 0 Å². The molecule has 0 radical (unpaired) electrons. The van der Waals surface area contributed by atoms with Crippen LogP contribution in [0.3, 0.4) is 0 Å². The zero-order chi connectivity index (χ0) is 24.5. The summed E-state index contributed by atoms with van der Waals surface area (Å²) in [6.07, 6.45) is 4.97. The van der Waals surface area contributed by atoms with Gasteiger partial charge in [0.15, 0.2) is 5.82 Å². The van der Waals surface area contributed by atoms with Gasteiger partial charge in [0.25, 0.3) is 17.6 Å². The van der Waals surface area contributed by atoms with Gasteiger partial charge in [0, 0.05) is 16.8 Å². The molecule has 0 spiro atoms. The van der Waals surface area contributed by atoms with E-state index in [2.05, 4.69) is 10.1 Å². The van der Waals surface area contributed by atoms with E-state index in [0.29, 0.717) is 28.7 Å². The van der Waals surface area contributed by atoms with E-state index in [1.165, 1.54) is 0 Å². The summed E-state index contributed by atoms with van der Waals surface area (Å²) in [7, 11) is 1.56. The van der Waals surface area contributed by atoms with Gasteiger partial charge in [0.2, 0.25) is 0 Å². The highest BCUT2D eigenvalue weighted by Gasteiger charge is 2.49. The quantitative estimate of drug-likeness (QED) is 0.320. The summed E-state index contributed by atoms with van der Waals surface area (Å²) < 4.78 is 10.4. The highest BCUT2D eigenvalue weighted by molar-refractivity contribution is 6.51. The Labute approximate surface area is 203 Å². The van der Waals surface area contributed by atoms with Gasteiger partial charge < -0.3 is 14.4 Å². The molecule has 5 rings (SSSR count). The van der Waals surface area contributed by atoms with E-state index >= 15 is 0 Å². The maximum absolute atomic E-state index is 13.3. The van der Waals surface area contributed by atoms with E-state index in [-0.39, 0.29) is 17.3 Å². The van der Waals surface area contributed by atoms with Gasteiger partial charge in [-0.05, 0) is 74.2 Å². The number of Topliss-reactive ketones (excluding diaryl/α,β-unsaturated/α-hetero) is 1. The number of benzene rings is 2. The maximum atomic E-state index is 13.3. The molecule has 1 atom stereocenters. The Hall–Kier alpha value is -3.94. The Kier molecular flexibility index (Phi) is 6.11. The summed E-state index contributed by atoms with van der Waals surface area (Å²) in [5.74, 6) is 0.199. The number of aliphatic hydroxyl groups excluding tert-OH is 1. The largest absolute Gasteiger partial charge is 0.507 e. The second-order valence-corrected chi connectivity index (χ2v) is 9.03. The summed E-state index contributed by atoms with van der Waals surface area (Å²) in [6.45, 7) is 1.74. The molecule has 0 bridgehead atoms. The first-order valence-electron chi connectivity index (χ1n) is 11.8. The minimum absolute atomic E-state index is 0.0767. The first kappa shape index (κ1) is 22.8. The van der Waals surface area contributed by atoms with Crippen molar-refractivity contribution < 1.29 is 24.0 Å². The number of aromatic nitrogens is 2. The Morgan fingerprint density at radius 3 is 2.31 bits per heavy atom. The van der Waals surface area contributed by atoms with Gasteiger partial charge in [0.05, 0.1) is 18.7 Å². The minimum Gasteiger partial charge on any atom is -0.507 e. The van der Waals surface area contributed by atoms with Crippen molar-refractivity contribution in [2.24, 2.45) is 5.92 Å². The van der Waals surface area contributed by atoms with Gasteiger partial charge in [-0.3, -0.25) is 14.5 Å². The van der Waals surface area contributed by atoms with E-state index in [9.17, 15) is 14.7 Å². The Morgan fingerprint density at radius 2 is 1.71 bits per heavy atom. The fourth-order valence-corrected chi connectivity index (χ4v) is 5.12. The highest BCUT2D eigenvalue weighted by Crippen LogP contribution is 2.41. The van der Waals surface area contributed by atoms with Crippen LogP contribution in [0.15, 0.2) is 58.6 Å². The van der Waals surface area contributed by atoms with Gasteiger partial charge >= 0.3 is 0 Å². The van der Waals surface area contributed by atoms with Gasteiger partial charge in [-0.1, -0.05) is 24.4 Å². The number of carbonyl (C=O) groups is 2. The molecule has 1 saturated carbocycles. The molecule has 180 valence electrons. The molecular formula is C27H27N3O5.